The zero-order chi connectivity index (χ0) is 13.6. The van der Waals surface area contributed by atoms with Crippen molar-refractivity contribution in [3.8, 4) is 0 Å². The first-order chi connectivity index (χ1) is 8.96. The minimum atomic E-state index is -2.91. The smallest absolute Gasteiger partial charge is 0.183 e. The fourth-order valence-corrected chi connectivity index (χ4v) is 4.23. The number of sulfone groups is 1. The van der Waals surface area contributed by atoms with Crippen LogP contribution in [0.2, 0.25) is 0 Å². The zero-order valence-corrected chi connectivity index (χ0v) is 11.6. The van der Waals surface area contributed by atoms with Gasteiger partial charge in [0.25, 0.3) is 0 Å². The van der Waals surface area contributed by atoms with Crippen LogP contribution in [-0.4, -0.2) is 52.9 Å². The van der Waals surface area contributed by atoms with Gasteiger partial charge >= 0.3 is 0 Å². The van der Waals surface area contributed by atoms with Gasteiger partial charge in [0.2, 0.25) is 0 Å². The number of fused-ring (bicyclic) bond motifs is 1. The van der Waals surface area contributed by atoms with Crippen LogP contribution >= 0.6 is 0 Å². The third kappa shape index (κ3) is 2.16. The second-order valence-electron chi connectivity index (χ2n) is 4.89. The largest absolute Gasteiger partial charge is 0.354 e. The molecule has 0 aromatic carbocycles. The molecule has 2 aromatic heterocycles. The third-order valence-corrected chi connectivity index (χ3v) is 5.23. The Labute approximate surface area is 111 Å². The minimum absolute atomic E-state index is 0.0355. The molecule has 0 spiro atoms. The first kappa shape index (κ1) is 12.3. The number of hydrogen-bond acceptors (Lipinski definition) is 6. The van der Waals surface area contributed by atoms with Crippen molar-refractivity contribution in [2.45, 2.75) is 19.4 Å². The van der Waals surface area contributed by atoms with Crippen molar-refractivity contribution in [1.82, 2.24) is 19.9 Å². The molecule has 8 heteroatoms. The topological polar surface area (TPSA) is 91.8 Å². The Bertz CT molecular complexity index is 724. The van der Waals surface area contributed by atoms with E-state index >= 15 is 0 Å². The molecule has 1 aliphatic rings. The number of nitrogens with zero attached hydrogens (tertiary/aromatic N) is 4. The zero-order valence-electron chi connectivity index (χ0n) is 10.8. The lowest BCUT2D eigenvalue weighted by Crippen LogP contribution is -2.33. The van der Waals surface area contributed by atoms with Crippen molar-refractivity contribution in [2.75, 3.05) is 23.5 Å². The highest BCUT2D eigenvalue weighted by Gasteiger charge is 2.32. The van der Waals surface area contributed by atoms with Gasteiger partial charge in [-0.25, -0.2) is 23.4 Å². The summed E-state index contributed by atoms with van der Waals surface area (Å²) < 4.78 is 23.1. The van der Waals surface area contributed by atoms with Crippen LogP contribution in [0.1, 0.15) is 12.2 Å². The van der Waals surface area contributed by atoms with Gasteiger partial charge in [0.05, 0.1) is 11.5 Å². The van der Waals surface area contributed by atoms with E-state index in [4.69, 9.17) is 0 Å². The lowest BCUT2D eigenvalue weighted by atomic mass is 10.2. The van der Waals surface area contributed by atoms with Gasteiger partial charge in [0, 0.05) is 13.1 Å². The SMILES string of the molecule is Cc1nc2ncnc(N(C)[C@H]3CCS(=O)(=O)C3)c2[nH]1. The average Bonchev–Trinajstić information content (AvgIpc) is 2.89. The van der Waals surface area contributed by atoms with Crippen LogP contribution in [0.3, 0.4) is 0 Å². The van der Waals surface area contributed by atoms with Gasteiger partial charge in [-0.05, 0) is 13.3 Å². The Hall–Kier alpha value is -1.70. The van der Waals surface area contributed by atoms with E-state index in [-0.39, 0.29) is 17.5 Å². The number of nitrogens with one attached hydrogen (secondary N) is 1. The molecule has 0 amide bonds. The molecule has 1 N–H and O–H groups in total. The molecule has 0 saturated carbocycles. The molecule has 102 valence electrons. The van der Waals surface area contributed by atoms with Gasteiger partial charge < -0.3 is 9.88 Å². The van der Waals surface area contributed by atoms with Gasteiger partial charge in [-0.1, -0.05) is 0 Å². The molecule has 0 bridgehead atoms. The number of rotatable bonds is 2. The highest BCUT2D eigenvalue weighted by molar-refractivity contribution is 7.91. The summed E-state index contributed by atoms with van der Waals surface area (Å²) in [5.74, 6) is 1.90. The molecular weight excluding hydrogens is 266 g/mol. The summed E-state index contributed by atoms with van der Waals surface area (Å²) in [6.07, 6.45) is 2.09. The van der Waals surface area contributed by atoms with E-state index in [9.17, 15) is 8.42 Å². The van der Waals surface area contributed by atoms with Crippen LogP contribution in [0, 0.1) is 6.92 Å². The Kier molecular flexibility index (Phi) is 2.70. The molecule has 3 heterocycles. The monoisotopic (exact) mass is 281 g/mol. The van der Waals surface area contributed by atoms with Gasteiger partial charge in [-0.15, -0.1) is 0 Å². The first-order valence-electron chi connectivity index (χ1n) is 6.07. The molecule has 2 aromatic rings. The van der Waals surface area contributed by atoms with E-state index in [0.717, 1.165) is 11.3 Å². The Morgan fingerprint density at radius 1 is 1.42 bits per heavy atom. The number of aromatic amines is 1. The lowest BCUT2D eigenvalue weighted by molar-refractivity contribution is 0.600. The fraction of sp³-hybridized carbons (Fsp3) is 0.545. The summed E-state index contributed by atoms with van der Waals surface area (Å²) >= 11 is 0. The number of aryl methyl sites for hydroxylation is 1. The number of aromatic nitrogens is 4. The number of imidazole rings is 1. The van der Waals surface area contributed by atoms with Gasteiger partial charge in [-0.3, -0.25) is 0 Å². The fourth-order valence-electron chi connectivity index (χ4n) is 2.45. The molecular formula is C11H15N5O2S. The van der Waals surface area contributed by atoms with E-state index in [1.165, 1.54) is 6.33 Å². The molecule has 3 rings (SSSR count). The van der Waals surface area contributed by atoms with E-state index in [0.29, 0.717) is 17.9 Å². The maximum absolute atomic E-state index is 11.6. The molecule has 7 nitrogen and oxygen atoms in total. The van der Waals surface area contributed by atoms with Crippen LogP contribution in [0.5, 0.6) is 0 Å². The molecule has 0 radical (unpaired) electrons. The number of hydrogen-bond donors (Lipinski definition) is 1. The van der Waals surface area contributed by atoms with Crippen molar-refractivity contribution >= 4 is 26.8 Å². The summed E-state index contributed by atoms with van der Waals surface area (Å²) in [6.45, 7) is 1.85. The van der Waals surface area contributed by atoms with Crippen molar-refractivity contribution in [1.29, 1.82) is 0 Å². The Morgan fingerprint density at radius 2 is 2.21 bits per heavy atom. The molecule has 1 atom stereocenters. The van der Waals surface area contributed by atoms with E-state index < -0.39 is 9.84 Å². The second-order valence-corrected chi connectivity index (χ2v) is 7.11. The standard InChI is InChI=1S/C11H15N5O2S/c1-7-14-9-10(15-7)12-6-13-11(9)16(2)8-3-4-19(17,18)5-8/h6,8H,3-5H2,1-2H3,(H,12,13,14,15)/t8-/m0/s1. The predicted molar refractivity (Wildman–Crippen MR) is 71.9 cm³/mol. The molecule has 19 heavy (non-hydrogen) atoms. The van der Waals surface area contributed by atoms with E-state index in [2.05, 4.69) is 19.9 Å². The Morgan fingerprint density at radius 3 is 2.89 bits per heavy atom. The van der Waals surface area contributed by atoms with Gasteiger partial charge in [0.15, 0.2) is 21.3 Å². The van der Waals surface area contributed by atoms with Crippen molar-refractivity contribution in [3.63, 3.8) is 0 Å². The second kappa shape index (κ2) is 4.16. The van der Waals surface area contributed by atoms with Crippen LogP contribution in [-0.2, 0) is 9.84 Å². The highest BCUT2D eigenvalue weighted by Crippen LogP contribution is 2.25. The highest BCUT2D eigenvalue weighted by atomic mass is 32.2. The molecule has 1 saturated heterocycles. The maximum Gasteiger partial charge on any atom is 0.183 e. The van der Waals surface area contributed by atoms with Gasteiger partial charge in [0.1, 0.15) is 17.7 Å². The Balaban J connectivity index is 2.00. The summed E-state index contributed by atoms with van der Waals surface area (Å²) in [6, 6.07) is -0.0355. The van der Waals surface area contributed by atoms with Crippen molar-refractivity contribution in [2.24, 2.45) is 0 Å². The predicted octanol–water partition coefficient (Wildman–Crippen LogP) is 0.285. The summed E-state index contributed by atoms with van der Waals surface area (Å²) in [5, 5.41) is 0. The van der Waals surface area contributed by atoms with Gasteiger partial charge in [-0.2, -0.15) is 0 Å². The lowest BCUT2D eigenvalue weighted by Gasteiger charge is -2.24. The third-order valence-electron chi connectivity index (χ3n) is 3.48. The van der Waals surface area contributed by atoms with Crippen molar-refractivity contribution < 1.29 is 8.42 Å². The van der Waals surface area contributed by atoms with Crippen LogP contribution in [0.25, 0.3) is 11.2 Å². The molecule has 1 fully saturated rings. The van der Waals surface area contributed by atoms with E-state index in [1.807, 2.05) is 18.9 Å². The first-order valence-corrected chi connectivity index (χ1v) is 7.89. The summed E-state index contributed by atoms with van der Waals surface area (Å²) in [7, 11) is -1.04. The van der Waals surface area contributed by atoms with E-state index in [1.54, 1.807) is 0 Å². The maximum atomic E-state index is 11.6. The van der Waals surface area contributed by atoms with Crippen molar-refractivity contribution in [3.05, 3.63) is 12.2 Å². The average molecular weight is 281 g/mol. The molecule has 1 aliphatic heterocycles. The summed E-state index contributed by atoms with van der Waals surface area (Å²) in [5.41, 5.74) is 1.36. The number of H-pyrrole nitrogens is 1. The quantitative estimate of drug-likeness (QED) is 0.850. The minimum Gasteiger partial charge on any atom is -0.354 e. The van der Waals surface area contributed by atoms with Crippen LogP contribution in [0.15, 0.2) is 6.33 Å². The summed E-state index contributed by atoms with van der Waals surface area (Å²) in [4.78, 5) is 17.7. The normalized spacial score (nSPS) is 21.9. The molecule has 0 unspecified atom stereocenters. The van der Waals surface area contributed by atoms with Crippen LogP contribution < -0.4 is 4.90 Å². The molecule has 0 aliphatic carbocycles. The number of anilines is 1. The van der Waals surface area contributed by atoms with Crippen LogP contribution in [0.4, 0.5) is 5.82 Å².